The van der Waals surface area contributed by atoms with Crippen molar-refractivity contribution in [3.05, 3.63) is 87.9 Å². The fourth-order valence-corrected chi connectivity index (χ4v) is 5.56. The van der Waals surface area contributed by atoms with Gasteiger partial charge in [-0.3, -0.25) is 9.59 Å². The molecule has 2 aliphatic rings. The van der Waals surface area contributed by atoms with E-state index in [-0.39, 0.29) is 37.9 Å². The first-order valence-electron chi connectivity index (χ1n) is 12.7. The third-order valence-electron chi connectivity index (χ3n) is 6.96. The SMILES string of the molecule is C=CCCCCC(=O)N(Cc1ccc(Cl)cc1Cl)[C@@H]1C=C(C(=O)NCCO)[C@@H]2c3ccccc3O[C@@H]2[C@H]1O. The predicted molar refractivity (Wildman–Crippen MR) is 147 cm³/mol. The number of benzene rings is 2. The number of hydrogen-bond donors (Lipinski definition) is 3. The summed E-state index contributed by atoms with van der Waals surface area (Å²) in [6.45, 7) is 3.72. The molecule has 7 nitrogen and oxygen atoms in total. The largest absolute Gasteiger partial charge is 0.486 e. The van der Waals surface area contributed by atoms with Crippen LogP contribution in [0, 0.1) is 0 Å². The number of ether oxygens (including phenoxy) is 1. The van der Waals surface area contributed by atoms with Crippen LogP contribution in [-0.4, -0.2) is 58.3 Å². The summed E-state index contributed by atoms with van der Waals surface area (Å²) < 4.78 is 6.16. The highest BCUT2D eigenvalue weighted by Gasteiger charge is 2.50. The van der Waals surface area contributed by atoms with Crippen molar-refractivity contribution in [2.45, 2.75) is 56.4 Å². The Morgan fingerprint density at radius 2 is 1.95 bits per heavy atom. The Morgan fingerprint density at radius 1 is 1.16 bits per heavy atom. The number of aliphatic hydroxyl groups is 2. The highest BCUT2D eigenvalue weighted by molar-refractivity contribution is 6.35. The van der Waals surface area contributed by atoms with E-state index in [1.165, 1.54) is 0 Å². The highest BCUT2D eigenvalue weighted by atomic mass is 35.5. The fraction of sp³-hybridized carbons (Fsp3) is 0.379. The van der Waals surface area contributed by atoms with Crippen LogP contribution in [0.25, 0.3) is 0 Å². The molecule has 2 amide bonds. The minimum Gasteiger partial charge on any atom is -0.486 e. The standard InChI is InChI=1S/C29H32Cl2N2O5/c1-2-3-4-5-10-25(35)33(17-18-11-12-19(30)15-22(18)31)23-16-21(29(37)32-13-14-34)26-20-8-6-7-9-24(20)38-28(26)27(23)36/h2,6-9,11-12,15-16,23,26-28,34,36H,1,3-5,10,13-14,17H2,(H,32,37)/t23-,26+,27+,28+/m1/s1. The number of nitrogens with zero attached hydrogens (tertiary/aromatic N) is 1. The fourth-order valence-electron chi connectivity index (χ4n) is 5.09. The lowest BCUT2D eigenvalue weighted by Crippen LogP contribution is -2.55. The number of nitrogens with one attached hydrogen (secondary N) is 1. The van der Waals surface area contributed by atoms with Crippen molar-refractivity contribution in [2.75, 3.05) is 13.2 Å². The van der Waals surface area contributed by atoms with Gasteiger partial charge in [-0.25, -0.2) is 0 Å². The number of unbranched alkanes of at least 4 members (excludes halogenated alkanes) is 2. The molecule has 0 radical (unpaired) electrons. The van der Waals surface area contributed by atoms with Crippen LogP contribution in [0.4, 0.5) is 0 Å². The van der Waals surface area contributed by atoms with Crippen molar-refractivity contribution in [3.63, 3.8) is 0 Å². The molecule has 3 N–H and O–H groups in total. The Morgan fingerprint density at radius 3 is 2.68 bits per heavy atom. The van der Waals surface area contributed by atoms with Gasteiger partial charge in [0.05, 0.1) is 18.6 Å². The first kappa shape index (κ1) is 28.2. The molecule has 9 heteroatoms. The molecule has 4 rings (SSSR count). The normalized spacial score (nSPS) is 21.5. The predicted octanol–water partition coefficient (Wildman–Crippen LogP) is 4.39. The molecular formula is C29H32Cl2N2O5. The summed E-state index contributed by atoms with van der Waals surface area (Å²) in [6, 6.07) is 11.6. The van der Waals surface area contributed by atoms with Crippen LogP contribution < -0.4 is 10.1 Å². The summed E-state index contributed by atoms with van der Waals surface area (Å²) in [5.41, 5.74) is 1.85. The molecule has 1 aliphatic carbocycles. The second-order valence-corrected chi connectivity index (χ2v) is 10.3. The number of hydrogen-bond acceptors (Lipinski definition) is 5. The van der Waals surface area contributed by atoms with E-state index < -0.39 is 24.2 Å². The molecule has 1 heterocycles. The number of amides is 2. The molecular weight excluding hydrogens is 527 g/mol. The molecule has 38 heavy (non-hydrogen) atoms. The highest BCUT2D eigenvalue weighted by Crippen LogP contribution is 2.47. The average molecular weight is 559 g/mol. The maximum Gasteiger partial charge on any atom is 0.247 e. The van der Waals surface area contributed by atoms with E-state index in [4.69, 9.17) is 27.9 Å². The average Bonchev–Trinajstić information content (AvgIpc) is 3.30. The molecule has 2 aromatic rings. The zero-order valence-corrected chi connectivity index (χ0v) is 22.5. The Bertz CT molecular complexity index is 1220. The van der Waals surface area contributed by atoms with Crippen LogP contribution in [0.1, 0.15) is 42.7 Å². The van der Waals surface area contributed by atoms with E-state index in [0.29, 0.717) is 33.4 Å². The first-order chi connectivity index (χ1) is 18.3. The molecule has 0 spiro atoms. The molecule has 0 unspecified atom stereocenters. The van der Waals surface area contributed by atoms with Gasteiger partial charge in [0.2, 0.25) is 11.8 Å². The summed E-state index contributed by atoms with van der Waals surface area (Å²) >= 11 is 12.5. The van der Waals surface area contributed by atoms with Gasteiger partial charge < -0.3 is 25.2 Å². The number of halogens is 2. The number of fused-ring (bicyclic) bond motifs is 3. The van der Waals surface area contributed by atoms with Crippen LogP contribution in [-0.2, 0) is 16.1 Å². The molecule has 4 atom stereocenters. The summed E-state index contributed by atoms with van der Waals surface area (Å²) in [5, 5.41) is 24.5. The van der Waals surface area contributed by atoms with Crippen LogP contribution in [0.2, 0.25) is 10.0 Å². The van der Waals surface area contributed by atoms with Gasteiger partial charge in [0.15, 0.2) is 0 Å². The minimum absolute atomic E-state index is 0.0790. The Balaban J connectivity index is 1.73. The third-order valence-corrected chi connectivity index (χ3v) is 7.55. The number of carbonyl (C=O) groups is 2. The first-order valence-corrected chi connectivity index (χ1v) is 13.5. The van der Waals surface area contributed by atoms with Gasteiger partial charge in [-0.15, -0.1) is 6.58 Å². The molecule has 2 aromatic carbocycles. The van der Waals surface area contributed by atoms with Gasteiger partial charge in [-0.2, -0.15) is 0 Å². The second kappa shape index (κ2) is 12.8. The van der Waals surface area contributed by atoms with Crippen LogP contribution in [0.3, 0.4) is 0 Å². The zero-order chi connectivity index (χ0) is 27.2. The van der Waals surface area contributed by atoms with Crippen molar-refractivity contribution in [1.82, 2.24) is 10.2 Å². The van der Waals surface area contributed by atoms with E-state index in [0.717, 1.165) is 18.4 Å². The Hall–Kier alpha value is -2.84. The molecule has 0 saturated heterocycles. The van der Waals surface area contributed by atoms with E-state index in [2.05, 4.69) is 11.9 Å². The molecule has 202 valence electrons. The third kappa shape index (κ3) is 6.07. The van der Waals surface area contributed by atoms with E-state index in [1.807, 2.05) is 24.3 Å². The number of allylic oxidation sites excluding steroid dienone is 1. The quantitative estimate of drug-likeness (QED) is 0.280. The zero-order valence-electron chi connectivity index (χ0n) is 21.0. The van der Waals surface area contributed by atoms with Crippen LogP contribution >= 0.6 is 23.2 Å². The van der Waals surface area contributed by atoms with Crippen molar-refractivity contribution in [3.8, 4) is 5.75 Å². The number of carbonyl (C=O) groups excluding carboxylic acids is 2. The van der Waals surface area contributed by atoms with Gasteiger partial charge in [-0.05, 0) is 49.1 Å². The Kier molecular flexibility index (Phi) is 9.49. The van der Waals surface area contributed by atoms with Gasteiger partial charge in [0.25, 0.3) is 0 Å². The summed E-state index contributed by atoms with van der Waals surface area (Å²) in [5.74, 6) is -0.482. The van der Waals surface area contributed by atoms with Gasteiger partial charge in [-0.1, -0.05) is 53.5 Å². The maximum atomic E-state index is 13.6. The second-order valence-electron chi connectivity index (χ2n) is 9.47. The summed E-state index contributed by atoms with van der Waals surface area (Å²) in [7, 11) is 0. The van der Waals surface area contributed by atoms with Crippen LogP contribution in [0.15, 0.2) is 66.8 Å². The summed E-state index contributed by atoms with van der Waals surface area (Å²) in [4.78, 5) is 28.4. The van der Waals surface area contributed by atoms with Gasteiger partial charge in [0.1, 0.15) is 18.0 Å². The summed E-state index contributed by atoms with van der Waals surface area (Å²) in [6.07, 6.45) is 4.13. The van der Waals surface area contributed by atoms with Crippen LogP contribution in [0.5, 0.6) is 5.75 Å². The topological polar surface area (TPSA) is 99.1 Å². The smallest absolute Gasteiger partial charge is 0.247 e. The van der Waals surface area contributed by atoms with Crippen molar-refractivity contribution in [2.24, 2.45) is 0 Å². The molecule has 0 fully saturated rings. The van der Waals surface area contributed by atoms with E-state index in [1.54, 1.807) is 35.2 Å². The van der Waals surface area contributed by atoms with E-state index in [9.17, 15) is 19.8 Å². The minimum atomic E-state index is -1.11. The van der Waals surface area contributed by atoms with Crippen molar-refractivity contribution < 1.29 is 24.5 Å². The van der Waals surface area contributed by atoms with Gasteiger partial charge >= 0.3 is 0 Å². The molecule has 0 bridgehead atoms. The lowest BCUT2D eigenvalue weighted by atomic mass is 9.77. The maximum absolute atomic E-state index is 13.6. The number of para-hydroxylation sites is 1. The molecule has 1 aliphatic heterocycles. The molecule has 0 saturated carbocycles. The van der Waals surface area contributed by atoms with E-state index >= 15 is 0 Å². The lowest BCUT2D eigenvalue weighted by Gasteiger charge is -2.41. The number of rotatable bonds is 11. The van der Waals surface area contributed by atoms with Gasteiger partial charge in [0, 0.05) is 40.7 Å². The lowest BCUT2D eigenvalue weighted by molar-refractivity contribution is -0.138. The van der Waals surface area contributed by atoms with Crippen molar-refractivity contribution >= 4 is 35.0 Å². The number of aliphatic hydroxyl groups excluding tert-OH is 2. The monoisotopic (exact) mass is 558 g/mol. The molecule has 0 aromatic heterocycles. The van der Waals surface area contributed by atoms with Crippen molar-refractivity contribution in [1.29, 1.82) is 0 Å². The Labute approximate surface area is 232 Å².